The third kappa shape index (κ3) is 4.44. The molecule has 2 N–H and O–H groups in total. The first-order chi connectivity index (χ1) is 14.0. The van der Waals surface area contributed by atoms with Gasteiger partial charge < -0.3 is 10.2 Å². The zero-order chi connectivity index (χ0) is 20.3. The molecule has 29 heavy (non-hydrogen) atoms. The van der Waals surface area contributed by atoms with Crippen molar-refractivity contribution in [3.05, 3.63) is 54.5 Å². The van der Waals surface area contributed by atoms with Gasteiger partial charge in [0, 0.05) is 44.5 Å². The Kier molecular flexibility index (Phi) is 5.56. The van der Waals surface area contributed by atoms with Crippen molar-refractivity contribution in [1.29, 1.82) is 0 Å². The molecule has 0 atom stereocenters. The lowest BCUT2D eigenvalue weighted by molar-refractivity contribution is 0.222. The van der Waals surface area contributed by atoms with E-state index in [2.05, 4.69) is 30.4 Å². The molecule has 1 aromatic carbocycles. The van der Waals surface area contributed by atoms with E-state index < -0.39 is 10.0 Å². The maximum absolute atomic E-state index is 12.8. The molecule has 0 unspecified atom stereocenters. The van der Waals surface area contributed by atoms with Crippen LogP contribution in [0.3, 0.4) is 0 Å². The van der Waals surface area contributed by atoms with Crippen LogP contribution in [0.4, 0.5) is 5.82 Å². The summed E-state index contributed by atoms with van der Waals surface area (Å²) in [5.74, 6) is 1.33. The minimum atomic E-state index is -3.50. The second-order valence-corrected chi connectivity index (χ2v) is 8.91. The molecular weight excluding hydrogens is 390 g/mol. The number of benzene rings is 1. The summed E-state index contributed by atoms with van der Waals surface area (Å²) in [6.07, 6.45) is 2.89. The predicted molar refractivity (Wildman–Crippen MR) is 110 cm³/mol. The fourth-order valence-electron chi connectivity index (χ4n) is 3.18. The van der Waals surface area contributed by atoms with E-state index >= 15 is 0 Å². The SMILES string of the molecule is CN1CCN(S(=O)(=O)c2ccc(NCc3cccc(-c4ncn[nH]4)c3)nc2)CC1. The van der Waals surface area contributed by atoms with Crippen LogP contribution in [0.1, 0.15) is 5.56 Å². The number of sulfonamides is 1. The topological polar surface area (TPSA) is 107 Å². The van der Waals surface area contributed by atoms with Gasteiger partial charge in [-0.3, -0.25) is 5.10 Å². The summed E-state index contributed by atoms with van der Waals surface area (Å²) in [5.41, 5.74) is 2.00. The summed E-state index contributed by atoms with van der Waals surface area (Å²) in [7, 11) is -1.51. The first-order valence-corrected chi connectivity index (χ1v) is 10.8. The number of hydrogen-bond acceptors (Lipinski definition) is 7. The summed E-state index contributed by atoms with van der Waals surface area (Å²) in [6.45, 7) is 3.03. The Balaban J connectivity index is 1.41. The average molecular weight is 414 g/mol. The van der Waals surface area contributed by atoms with Gasteiger partial charge in [-0.05, 0) is 30.8 Å². The van der Waals surface area contributed by atoms with Crippen molar-refractivity contribution >= 4 is 15.8 Å². The van der Waals surface area contributed by atoms with Gasteiger partial charge >= 0.3 is 0 Å². The van der Waals surface area contributed by atoms with Gasteiger partial charge in [-0.2, -0.15) is 9.40 Å². The van der Waals surface area contributed by atoms with Crippen LogP contribution in [-0.2, 0) is 16.6 Å². The highest BCUT2D eigenvalue weighted by Gasteiger charge is 2.27. The number of nitrogens with one attached hydrogen (secondary N) is 2. The zero-order valence-electron chi connectivity index (χ0n) is 16.1. The van der Waals surface area contributed by atoms with Crippen molar-refractivity contribution < 1.29 is 8.42 Å². The number of anilines is 1. The van der Waals surface area contributed by atoms with E-state index in [-0.39, 0.29) is 4.90 Å². The number of nitrogens with zero attached hydrogens (tertiary/aromatic N) is 5. The minimum absolute atomic E-state index is 0.222. The highest BCUT2D eigenvalue weighted by atomic mass is 32.2. The second-order valence-electron chi connectivity index (χ2n) is 6.97. The van der Waals surface area contributed by atoms with Gasteiger partial charge in [0.05, 0.1) is 0 Å². The molecular formula is C19H23N7O2S. The summed E-state index contributed by atoms with van der Waals surface area (Å²) < 4.78 is 27.1. The molecule has 3 heterocycles. The van der Waals surface area contributed by atoms with Crippen LogP contribution in [0.2, 0.25) is 0 Å². The van der Waals surface area contributed by atoms with Crippen molar-refractivity contribution in [2.45, 2.75) is 11.4 Å². The molecule has 0 aliphatic carbocycles. The molecule has 2 aromatic heterocycles. The molecule has 152 valence electrons. The monoisotopic (exact) mass is 413 g/mol. The van der Waals surface area contributed by atoms with Crippen molar-refractivity contribution in [3.63, 3.8) is 0 Å². The van der Waals surface area contributed by atoms with Gasteiger partial charge in [0.25, 0.3) is 0 Å². The lowest BCUT2D eigenvalue weighted by Crippen LogP contribution is -2.47. The molecule has 4 rings (SSSR count). The van der Waals surface area contributed by atoms with Crippen LogP contribution in [-0.4, -0.2) is 71.0 Å². The molecule has 3 aromatic rings. The lowest BCUT2D eigenvalue weighted by atomic mass is 10.1. The molecule has 1 aliphatic rings. The van der Waals surface area contributed by atoms with Crippen molar-refractivity contribution in [2.24, 2.45) is 0 Å². The second kappa shape index (κ2) is 8.27. The van der Waals surface area contributed by atoms with E-state index in [1.807, 2.05) is 31.3 Å². The molecule has 9 nitrogen and oxygen atoms in total. The highest BCUT2D eigenvalue weighted by Crippen LogP contribution is 2.19. The predicted octanol–water partition coefficient (Wildman–Crippen LogP) is 1.41. The summed E-state index contributed by atoms with van der Waals surface area (Å²) >= 11 is 0. The normalized spacial score (nSPS) is 16.0. The van der Waals surface area contributed by atoms with Crippen molar-refractivity contribution in [2.75, 3.05) is 38.5 Å². The van der Waals surface area contributed by atoms with Gasteiger partial charge in [0.1, 0.15) is 17.0 Å². The number of H-pyrrole nitrogens is 1. The van der Waals surface area contributed by atoms with Gasteiger partial charge in [-0.25, -0.2) is 18.4 Å². The third-order valence-corrected chi connectivity index (χ3v) is 6.81. The van der Waals surface area contributed by atoms with E-state index in [1.165, 1.54) is 16.8 Å². The third-order valence-electron chi connectivity index (χ3n) is 4.93. The van der Waals surface area contributed by atoms with E-state index in [4.69, 9.17) is 0 Å². The Morgan fingerprint density at radius 2 is 1.93 bits per heavy atom. The zero-order valence-corrected chi connectivity index (χ0v) is 16.9. The van der Waals surface area contributed by atoms with Gasteiger partial charge in [0.2, 0.25) is 10.0 Å². The van der Waals surface area contributed by atoms with Crippen molar-refractivity contribution in [1.82, 2.24) is 29.4 Å². The number of aromatic amines is 1. The number of piperazine rings is 1. The molecule has 1 aliphatic heterocycles. The number of pyridine rings is 1. The molecule has 0 spiro atoms. The molecule has 0 saturated carbocycles. The Bertz CT molecular complexity index is 1040. The van der Waals surface area contributed by atoms with E-state index in [0.29, 0.717) is 31.3 Å². The average Bonchev–Trinajstić information content (AvgIpc) is 3.28. The fraction of sp³-hybridized carbons (Fsp3) is 0.316. The number of rotatable bonds is 6. The number of hydrogen-bond donors (Lipinski definition) is 2. The summed E-state index contributed by atoms with van der Waals surface area (Å²) in [6, 6.07) is 11.2. The fourth-order valence-corrected chi connectivity index (χ4v) is 4.55. The molecule has 1 saturated heterocycles. The minimum Gasteiger partial charge on any atom is -0.366 e. The molecule has 0 bridgehead atoms. The van der Waals surface area contributed by atoms with Gasteiger partial charge in [0.15, 0.2) is 5.82 Å². The van der Waals surface area contributed by atoms with E-state index in [1.54, 1.807) is 12.1 Å². The highest BCUT2D eigenvalue weighted by molar-refractivity contribution is 7.89. The first kappa shape index (κ1) is 19.5. The molecule has 0 radical (unpaired) electrons. The standard InChI is InChI=1S/C19H23N7O2S/c1-25-7-9-26(10-8-25)29(27,28)17-5-6-18(21-13-17)20-12-15-3-2-4-16(11-15)19-22-14-23-24-19/h2-6,11,13-14H,7-10,12H2,1H3,(H,20,21)(H,22,23,24). The van der Waals surface area contributed by atoms with Crippen LogP contribution in [0.25, 0.3) is 11.4 Å². The summed E-state index contributed by atoms with van der Waals surface area (Å²) in [4.78, 5) is 10.8. The quantitative estimate of drug-likeness (QED) is 0.629. The van der Waals surface area contributed by atoms with Crippen LogP contribution < -0.4 is 5.32 Å². The Labute approximate surface area is 169 Å². The van der Waals surface area contributed by atoms with Crippen LogP contribution in [0, 0.1) is 0 Å². The Morgan fingerprint density at radius 3 is 2.62 bits per heavy atom. The maximum atomic E-state index is 12.8. The Morgan fingerprint density at radius 1 is 1.10 bits per heavy atom. The molecule has 0 amide bonds. The van der Waals surface area contributed by atoms with Crippen LogP contribution >= 0.6 is 0 Å². The number of aromatic nitrogens is 4. The molecule has 10 heteroatoms. The van der Waals surface area contributed by atoms with Gasteiger partial charge in [-0.15, -0.1) is 0 Å². The summed E-state index contributed by atoms with van der Waals surface area (Å²) in [5, 5.41) is 9.94. The van der Waals surface area contributed by atoms with Crippen LogP contribution in [0.15, 0.2) is 53.8 Å². The van der Waals surface area contributed by atoms with E-state index in [0.717, 1.165) is 24.2 Å². The Hall–Kier alpha value is -2.82. The molecule has 1 fully saturated rings. The smallest absolute Gasteiger partial charge is 0.244 e. The number of likely N-dealkylation sites (N-methyl/N-ethyl adjacent to an activating group) is 1. The van der Waals surface area contributed by atoms with E-state index in [9.17, 15) is 8.42 Å². The van der Waals surface area contributed by atoms with Crippen LogP contribution in [0.5, 0.6) is 0 Å². The van der Waals surface area contributed by atoms with Crippen molar-refractivity contribution in [3.8, 4) is 11.4 Å². The largest absolute Gasteiger partial charge is 0.366 e. The maximum Gasteiger partial charge on any atom is 0.244 e. The first-order valence-electron chi connectivity index (χ1n) is 9.36. The van der Waals surface area contributed by atoms with Gasteiger partial charge in [-0.1, -0.05) is 18.2 Å². The lowest BCUT2D eigenvalue weighted by Gasteiger charge is -2.31.